The Morgan fingerprint density at radius 3 is 2.46 bits per heavy atom. The molecule has 0 saturated heterocycles. The van der Waals surface area contributed by atoms with Gasteiger partial charge in [0.05, 0.1) is 11.0 Å². The molecule has 4 aromatic rings. The van der Waals surface area contributed by atoms with Crippen LogP contribution in [-0.4, -0.2) is 19.3 Å². The van der Waals surface area contributed by atoms with Gasteiger partial charge in [0.1, 0.15) is 5.69 Å². The number of aryl methyl sites for hydroxylation is 1. The van der Waals surface area contributed by atoms with Gasteiger partial charge in [-0.2, -0.15) is 5.10 Å². The molecule has 0 unspecified atom stereocenters. The van der Waals surface area contributed by atoms with Crippen molar-refractivity contribution in [1.82, 2.24) is 19.3 Å². The summed E-state index contributed by atoms with van der Waals surface area (Å²) in [5, 5.41) is 4.36. The van der Waals surface area contributed by atoms with E-state index in [0.29, 0.717) is 12.2 Å². The van der Waals surface area contributed by atoms with Crippen molar-refractivity contribution in [2.75, 3.05) is 0 Å². The minimum atomic E-state index is -0.135. The number of para-hydroxylation sites is 2. The molecule has 0 radical (unpaired) electrons. The van der Waals surface area contributed by atoms with Crippen LogP contribution in [0.3, 0.4) is 0 Å². The fraction of sp³-hybridized carbons (Fsp3) is 0.105. The standard InChI is InChI=1S/C19H16N4O/c1-22-18(24)12-11-16(21-22)19-20-15-9-5-6-10-17(15)23(19)13-14-7-3-2-4-8-14/h2-12H,13H2,1H3. The first-order valence-corrected chi connectivity index (χ1v) is 7.76. The van der Waals surface area contributed by atoms with Crippen molar-refractivity contribution in [2.24, 2.45) is 7.05 Å². The van der Waals surface area contributed by atoms with Crippen LogP contribution in [0.15, 0.2) is 71.5 Å². The van der Waals surface area contributed by atoms with E-state index in [9.17, 15) is 4.79 Å². The van der Waals surface area contributed by atoms with Crippen LogP contribution in [0.25, 0.3) is 22.6 Å². The second kappa shape index (κ2) is 5.77. The van der Waals surface area contributed by atoms with Gasteiger partial charge in [-0.3, -0.25) is 4.79 Å². The van der Waals surface area contributed by atoms with E-state index in [2.05, 4.69) is 27.9 Å². The van der Waals surface area contributed by atoms with Crippen molar-refractivity contribution in [3.63, 3.8) is 0 Å². The van der Waals surface area contributed by atoms with Crippen LogP contribution in [0.2, 0.25) is 0 Å². The highest BCUT2D eigenvalue weighted by atomic mass is 16.1. The zero-order valence-corrected chi connectivity index (χ0v) is 13.3. The van der Waals surface area contributed by atoms with Gasteiger partial charge < -0.3 is 4.57 Å². The number of nitrogens with zero attached hydrogens (tertiary/aromatic N) is 4. The molecule has 0 saturated carbocycles. The van der Waals surface area contributed by atoms with Crippen molar-refractivity contribution in [3.05, 3.63) is 82.6 Å². The van der Waals surface area contributed by atoms with Crippen molar-refractivity contribution in [3.8, 4) is 11.5 Å². The summed E-state index contributed by atoms with van der Waals surface area (Å²) in [6.07, 6.45) is 0. The third-order valence-corrected chi connectivity index (χ3v) is 4.03. The zero-order valence-electron chi connectivity index (χ0n) is 13.3. The molecule has 5 nitrogen and oxygen atoms in total. The Morgan fingerprint density at radius 1 is 0.917 bits per heavy atom. The lowest BCUT2D eigenvalue weighted by Crippen LogP contribution is -2.19. The largest absolute Gasteiger partial charge is 0.318 e. The van der Waals surface area contributed by atoms with Crippen molar-refractivity contribution >= 4 is 11.0 Å². The normalized spacial score (nSPS) is 11.0. The molecule has 0 aliphatic rings. The highest BCUT2D eigenvalue weighted by Crippen LogP contribution is 2.24. The summed E-state index contributed by atoms with van der Waals surface area (Å²) in [6.45, 7) is 0.696. The van der Waals surface area contributed by atoms with E-state index in [4.69, 9.17) is 4.98 Å². The molecule has 118 valence electrons. The number of hydrogen-bond donors (Lipinski definition) is 0. The minimum Gasteiger partial charge on any atom is -0.318 e. The SMILES string of the molecule is Cn1nc(-c2nc3ccccc3n2Cc2ccccc2)ccc1=O. The van der Waals surface area contributed by atoms with Crippen molar-refractivity contribution in [2.45, 2.75) is 6.54 Å². The minimum absolute atomic E-state index is 0.135. The molecule has 0 fully saturated rings. The lowest BCUT2D eigenvalue weighted by molar-refractivity contribution is 0.704. The molecule has 0 bridgehead atoms. The fourth-order valence-electron chi connectivity index (χ4n) is 2.82. The van der Waals surface area contributed by atoms with Gasteiger partial charge >= 0.3 is 0 Å². The summed E-state index contributed by atoms with van der Waals surface area (Å²) in [6, 6.07) is 21.5. The molecule has 0 aliphatic carbocycles. The quantitative estimate of drug-likeness (QED) is 0.584. The Labute approximate surface area is 138 Å². The van der Waals surface area contributed by atoms with E-state index < -0.39 is 0 Å². The van der Waals surface area contributed by atoms with Crippen LogP contribution in [0.1, 0.15) is 5.56 Å². The molecule has 2 aromatic heterocycles. The molecule has 0 spiro atoms. The Bertz CT molecular complexity index is 1060. The molecule has 24 heavy (non-hydrogen) atoms. The van der Waals surface area contributed by atoms with E-state index in [1.807, 2.05) is 36.4 Å². The smallest absolute Gasteiger partial charge is 0.266 e. The van der Waals surface area contributed by atoms with Crippen LogP contribution < -0.4 is 5.56 Å². The van der Waals surface area contributed by atoms with Gasteiger partial charge in [-0.25, -0.2) is 9.67 Å². The van der Waals surface area contributed by atoms with Gasteiger partial charge in [-0.05, 0) is 23.8 Å². The highest BCUT2D eigenvalue weighted by molar-refractivity contribution is 5.80. The van der Waals surface area contributed by atoms with E-state index in [-0.39, 0.29) is 5.56 Å². The topological polar surface area (TPSA) is 52.7 Å². The average molecular weight is 316 g/mol. The number of imidazole rings is 1. The van der Waals surface area contributed by atoms with Crippen molar-refractivity contribution in [1.29, 1.82) is 0 Å². The first kappa shape index (κ1) is 14.4. The van der Waals surface area contributed by atoms with Gasteiger partial charge in [-0.15, -0.1) is 0 Å². The molecule has 2 heterocycles. The molecule has 2 aromatic carbocycles. The Balaban J connectivity index is 1.92. The molecular weight excluding hydrogens is 300 g/mol. The number of rotatable bonds is 3. The van der Waals surface area contributed by atoms with Gasteiger partial charge in [0.2, 0.25) is 0 Å². The zero-order chi connectivity index (χ0) is 16.5. The summed E-state index contributed by atoms with van der Waals surface area (Å²) in [7, 11) is 1.65. The van der Waals surface area contributed by atoms with Gasteiger partial charge in [-0.1, -0.05) is 42.5 Å². The first-order chi connectivity index (χ1) is 11.7. The second-order valence-corrected chi connectivity index (χ2v) is 5.68. The van der Waals surface area contributed by atoms with E-state index in [0.717, 1.165) is 16.9 Å². The predicted molar refractivity (Wildman–Crippen MR) is 93.7 cm³/mol. The number of hydrogen-bond acceptors (Lipinski definition) is 3. The average Bonchev–Trinajstić information content (AvgIpc) is 2.97. The van der Waals surface area contributed by atoms with E-state index in [1.165, 1.54) is 16.3 Å². The van der Waals surface area contributed by atoms with Gasteiger partial charge in [0.25, 0.3) is 5.56 Å². The summed E-state index contributed by atoms with van der Waals surface area (Å²) in [4.78, 5) is 16.4. The van der Waals surface area contributed by atoms with Crippen LogP contribution in [0.5, 0.6) is 0 Å². The van der Waals surface area contributed by atoms with Crippen LogP contribution in [-0.2, 0) is 13.6 Å². The summed E-state index contributed by atoms with van der Waals surface area (Å²) < 4.78 is 3.47. The molecule has 0 amide bonds. The number of benzene rings is 2. The van der Waals surface area contributed by atoms with Gasteiger partial charge in [0.15, 0.2) is 5.82 Å². The summed E-state index contributed by atoms with van der Waals surface area (Å²) >= 11 is 0. The monoisotopic (exact) mass is 316 g/mol. The lowest BCUT2D eigenvalue weighted by atomic mass is 10.2. The Morgan fingerprint density at radius 2 is 1.67 bits per heavy atom. The maximum atomic E-state index is 11.6. The van der Waals surface area contributed by atoms with Crippen LogP contribution >= 0.6 is 0 Å². The lowest BCUT2D eigenvalue weighted by Gasteiger charge is -2.09. The maximum absolute atomic E-state index is 11.6. The second-order valence-electron chi connectivity index (χ2n) is 5.68. The third kappa shape index (κ3) is 2.50. The number of fused-ring (bicyclic) bond motifs is 1. The fourth-order valence-corrected chi connectivity index (χ4v) is 2.82. The third-order valence-electron chi connectivity index (χ3n) is 4.03. The number of aromatic nitrogens is 4. The molecule has 0 atom stereocenters. The summed E-state index contributed by atoms with van der Waals surface area (Å²) in [5.74, 6) is 0.760. The van der Waals surface area contributed by atoms with Crippen LogP contribution in [0.4, 0.5) is 0 Å². The van der Waals surface area contributed by atoms with E-state index >= 15 is 0 Å². The molecule has 0 N–H and O–H groups in total. The molecule has 4 rings (SSSR count). The molecular formula is C19H16N4O. The summed E-state index contributed by atoms with van der Waals surface area (Å²) in [5.41, 5.74) is 3.70. The molecule has 0 aliphatic heterocycles. The van der Waals surface area contributed by atoms with Gasteiger partial charge in [0, 0.05) is 19.7 Å². The molecule has 5 heteroatoms. The Kier molecular flexibility index (Phi) is 3.46. The predicted octanol–water partition coefficient (Wildman–Crippen LogP) is 2.85. The highest BCUT2D eigenvalue weighted by Gasteiger charge is 2.14. The maximum Gasteiger partial charge on any atom is 0.266 e. The van der Waals surface area contributed by atoms with E-state index in [1.54, 1.807) is 13.1 Å². The van der Waals surface area contributed by atoms with Crippen LogP contribution in [0, 0.1) is 0 Å². The first-order valence-electron chi connectivity index (χ1n) is 7.76. The van der Waals surface area contributed by atoms with Crippen molar-refractivity contribution < 1.29 is 0 Å². The Hall–Kier alpha value is -3.21.